The summed E-state index contributed by atoms with van der Waals surface area (Å²) >= 11 is 0. The number of carbonyl (C=O) groups excluding carboxylic acids is 1. The first-order valence-electron chi connectivity index (χ1n) is 11.4. The van der Waals surface area contributed by atoms with E-state index in [9.17, 15) is 9.18 Å². The molecule has 0 aromatic heterocycles. The number of nitrogens with one attached hydrogen (secondary N) is 1. The summed E-state index contributed by atoms with van der Waals surface area (Å²) in [5, 5.41) is 2.84. The third-order valence-corrected chi connectivity index (χ3v) is 6.36. The van der Waals surface area contributed by atoms with Crippen LogP contribution in [0.15, 0.2) is 48.5 Å². The second-order valence-corrected chi connectivity index (χ2v) is 8.93. The van der Waals surface area contributed by atoms with E-state index in [1.165, 1.54) is 24.0 Å². The largest absolute Gasteiger partial charge is 0.336 e. The summed E-state index contributed by atoms with van der Waals surface area (Å²) in [5.74, 6) is 0.514. The molecule has 2 aromatic rings. The third-order valence-electron chi connectivity index (χ3n) is 6.36. The molecule has 2 aliphatic rings. The van der Waals surface area contributed by atoms with E-state index in [1.54, 1.807) is 17.0 Å². The monoisotopic (exact) mass is 424 g/mol. The molecule has 5 nitrogen and oxygen atoms in total. The number of carbonyl (C=O) groups is 1. The van der Waals surface area contributed by atoms with Gasteiger partial charge in [0.25, 0.3) is 0 Å². The van der Waals surface area contributed by atoms with Gasteiger partial charge in [-0.25, -0.2) is 9.18 Å². The summed E-state index contributed by atoms with van der Waals surface area (Å²) in [7, 11) is 2.19. The highest BCUT2D eigenvalue weighted by molar-refractivity contribution is 5.93. The highest BCUT2D eigenvalue weighted by Gasteiger charge is 2.22. The Balaban J connectivity index is 1.23. The normalized spacial score (nSPS) is 19.8. The molecule has 2 saturated heterocycles. The van der Waals surface area contributed by atoms with Crippen LogP contribution in [0.4, 0.5) is 14.9 Å². The second-order valence-electron chi connectivity index (χ2n) is 8.93. The molecule has 4 rings (SSSR count). The minimum atomic E-state index is -0.166. The van der Waals surface area contributed by atoms with Crippen LogP contribution in [0.25, 0.3) is 0 Å². The molecular weight excluding hydrogens is 391 g/mol. The summed E-state index contributed by atoms with van der Waals surface area (Å²) in [5.41, 5.74) is 3.44. The third kappa shape index (κ3) is 6.05. The Morgan fingerprint density at radius 2 is 1.81 bits per heavy atom. The van der Waals surface area contributed by atoms with E-state index >= 15 is 0 Å². The van der Waals surface area contributed by atoms with Crippen LogP contribution in [0.5, 0.6) is 0 Å². The maximum absolute atomic E-state index is 13.1. The molecule has 0 aliphatic carbocycles. The first-order valence-corrected chi connectivity index (χ1v) is 11.4. The summed E-state index contributed by atoms with van der Waals surface area (Å²) in [6, 6.07) is 15.2. The lowest BCUT2D eigenvalue weighted by atomic mass is 9.97. The number of hydrogen-bond donors (Lipinski definition) is 1. The molecule has 6 heteroatoms. The van der Waals surface area contributed by atoms with Gasteiger partial charge in [0.05, 0.1) is 0 Å². The predicted molar refractivity (Wildman–Crippen MR) is 123 cm³/mol. The second kappa shape index (κ2) is 10.2. The Morgan fingerprint density at radius 3 is 2.52 bits per heavy atom. The van der Waals surface area contributed by atoms with Crippen molar-refractivity contribution in [2.45, 2.75) is 25.8 Å². The number of halogens is 1. The summed E-state index contributed by atoms with van der Waals surface area (Å²) in [6.45, 7) is 6.78. The predicted octanol–water partition coefficient (Wildman–Crippen LogP) is 3.74. The van der Waals surface area contributed by atoms with Crippen molar-refractivity contribution >= 4 is 11.7 Å². The average molecular weight is 425 g/mol. The molecule has 31 heavy (non-hydrogen) atoms. The molecule has 2 fully saturated rings. The van der Waals surface area contributed by atoms with Crippen molar-refractivity contribution in [1.29, 1.82) is 0 Å². The van der Waals surface area contributed by atoms with E-state index in [4.69, 9.17) is 0 Å². The zero-order chi connectivity index (χ0) is 21.6. The fourth-order valence-electron chi connectivity index (χ4n) is 4.76. The lowest BCUT2D eigenvalue weighted by Gasteiger charge is -2.34. The first kappa shape index (κ1) is 21.8. The van der Waals surface area contributed by atoms with Gasteiger partial charge in [-0.2, -0.15) is 0 Å². The highest BCUT2D eigenvalue weighted by Crippen LogP contribution is 2.21. The summed E-state index contributed by atoms with van der Waals surface area (Å²) in [4.78, 5) is 18.6. The number of likely N-dealkylation sites (tertiary alicyclic amines) is 1. The van der Waals surface area contributed by atoms with Gasteiger partial charge in [-0.15, -0.1) is 0 Å². The maximum Gasteiger partial charge on any atom is 0.321 e. The van der Waals surface area contributed by atoms with Crippen LogP contribution in [0, 0.1) is 11.7 Å². The minimum Gasteiger partial charge on any atom is -0.336 e. The number of rotatable bonds is 8. The molecule has 2 amide bonds. The van der Waals surface area contributed by atoms with E-state index in [2.05, 4.69) is 34.3 Å². The van der Waals surface area contributed by atoms with Gasteiger partial charge in [-0.05, 0) is 74.2 Å². The Kier molecular flexibility index (Phi) is 7.20. The van der Waals surface area contributed by atoms with Crippen molar-refractivity contribution < 1.29 is 9.18 Å². The standard InChI is InChI=1S/C25H33FN4O/c1-28(17-21-6-10-24(11-7-21)30-16-13-27-25(30)31)18-22-3-2-14-29(19-22)15-12-20-4-8-23(26)9-5-20/h4-11,22H,2-3,12-19H2,1H3,(H,27,31)/t22-/m1/s1. The lowest BCUT2D eigenvalue weighted by molar-refractivity contribution is 0.142. The highest BCUT2D eigenvalue weighted by atomic mass is 19.1. The van der Waals surface area contributed by atoms with Gasteiger partial charge in [0, 0.05) is 45.0 Å². The Hall–Kier alpha value is -2.44. The minimum absolute atomic E-state index is 0.00820. The fraction of sp³-hybridized carbons (Fsp3) is 0.480. The van der Waals surface area contributed by atoms with E-state index in [0.717, 1.165) is 51.4 Å². The Morgan fingerprint density at radius 1 is 1.06 bits per heavy atom. The van der Waals surface area contributed by atoms with Gasteiger partial charge in [-0.3, -0.25) is 4.90 Å². The van der Waals surface area contributed by atoms with Crippen LogP contribution in [-0.2, 0) is 13.0 Å². The van der Waals surface area contributed by atoms with Crippen molar-refractivity contribution in [1.82, 2.24) is 15.1 Å². The number of amides is 2. The Labute approximate surface area is 184 Å². The molecule has 2 heterocycles. The van der Waals surface area contributed by atoms with Gasteiger partial charge in [0.15, 0.2) is 0 Å². The molecule has 0 bridgehead atoms. The van der Waals surface area contributed by atoms with Gasteiger partial charge in [-0.1, -0.05) is 24.3 Å². The van der Waals surface area contributed by atoms with E-state index in [0.29, 0.717) is 12.5 Å². The SMILES string of the molecule is CN(Cc1ccc(N2CCNC2=O)cc1)C[C@H]1CCCN(CCc2ccc(F)cc2)C1. The molecule has 1 atom stereocenters. The number of piperidine rings is 1. The molecular formula is C25H33FN4O. The van der Waals surface area contributed by atoms with Crippen LogP contribution < -0.4 is 10.2 Å². The zero-order valence-electron chi connectivity index (χ0n) is 18.4. The topological polar surface area (TPSA) is 38.8 Å². The quantitative estimate of drug-likeness (QED) is 0.702. The molecule has 2 aliphatic heterocycles. The number of nitrogens with zero attached hydrogens (tertiary/aromatic N) is 3. The van der Waals surface area contributed by atoms with E-state index < -0.39 is 0 Å². The molecule has 166 valence electrons. The van der Waals surface area contributed by atoms with Gasteiger partial charge in [0.1, 0.15) is 5.82 Å². The number of anilines is 1. The van der Waals surface area contributed by atoms with Crippen LogP contribution in [0.3, 0.4) is 0 Å². The summed E-state index contributed by atoms with van der Waals surface area (Å²) < 4.78 is 13.1. The maximum atomic E-state index is 13.1. The number of hydrogen-bond acceptors (Lipinski definition) is 3. The zero-order valence-corrected chi connectivity index (χ0v) is 18.4. The van der Waals surface area contributed by atoms with Crippen molar-refractivity contribution in [2.75, 3.05) is 51.2 Å². The molecule has 0 spiro atoms. The number of benzene rings is 2. The van der Waals surface area contributed by atoms with Crippen molar-refractivity contribution in [2.24, 2.45) is 5.92 Å². The van der Waals surface area contributed by atoms with Crippen LogP contribution in [-0.4, -0.2) is 62.1 Å². The molecule has 0 radical (unpaired) electrons. The van der Waals surface area contributed by atoms with Gasteiger partial charge >= 0.3 is 6.03 Å². The Bertz CT molecular complexity index is 855. The van der Waals surface area contributed by atoms with Crippen LogP contribution >= 0.6 is 0 Å². The van der Waals surface area contributed by atoms with Crippen molar-refractivity contribution in [3.8, 4) is 0 Å². The molecule has 0 saturated carbocycles. The molecule has 2 aromatic carbocycles. The van der Waals surface area contributed by atoms with Gasteiger partial charge in [0.2, 0.25) is 0 Å². The van der Waals surface area contributed by atoms with Gasteiger partial charge < -0.3 is 15.1 Å². The fourth-order valence-corrected chi connectivity index (χ4v) is 4.76. The molecule has 1 N–H and O–H groups in total. The summed E-state index contributed by atoms with van der Waals surface area (Å²) in [6.07, 6.45) is 3.50. The van der Waals surface area contributed by atoms with Crippen LogP contribution in [0.2, 0.25) is 0 Å². The number of urea groups is 1. The lowest BCUT2D eigenvalue weighted by Crippen LogP contribution is -2.40. The van der Waals surface area contributed by atoms with Crippen molar-refractivity contribution in [3.05, 3.63) is 65.5 Å². The molecule has 0 unspecified atom stereocenters. The van der Waals surface area contributed by atoms with E-state index in [1.807, 2.05) is 24.3 Å². The van der Waals surface area contributed by atoms with Crippen molar-refractivity contribution in [3.63, 3.8) is 0 Å². The average Bonchev–Trinajstić information content (AvgIpc) is 3.20. The van der Waals surface area contributed by atoms with E-state index in [-0.39, 0.29) is 11.8 Å². The first-order chi connectivity index (χ1) is 15.1. The smallest absolute Gasteiger partial charge is 0.321 e. The van der Waals surface area contributed by atoms with Crippen LogP contribution in [0.1, 0.15) is 24.0 Å².